The highest BCUT2D eigenvalue weighted by Crippen LogP contribution is 2.37. The quantitative estimate of drug-likeness (QED) is 0.584. The normalized spacial score (nSPS) is 14.4. The summed E-state index contributed by atoms with van der Waals surface area (Å²) in [6.45, 7) is 6.41. The van der Waals surface area contributed by atoms with Crippen LogP contribution in [0.1, 0.15) is 22.3 Å². The predicted molar refractivity (Wildman–Crippen MR) is 101 cm³/mol. The SMILES string of the molecule is C=C1c2ccccc2/C=C\N(c2ccc(C)cn2)c2ccccc21. The van der Waals surface area contributed by atoms with Gasteiger partial charge in [0.2, 0.25) is 0 Å². The Labute approximate surface area is 142 Å². The third-order valence-electron chi connectivity index (χ3n) is 4.32. The van der Waals surface area contributed by atoms with Crippen molar-refractivity contribution < 1.29 is 0 Å². The predicted octanol–water partition coefficient (Wildman–Crippen LogP) is 5.57. The molecule has 116 valence electrons. The zero-order valence-electron chi connectivity index (χ0n) is 13.6. The molecule has 0 fully saturated rings. The minimum atomic E-state index is 0.900. The molecule has 24 heavy (non-hydrogen) atoms. The summed E-state index contributed by atoms with van der Waals surface area (Å²) in [6, 6.07) is 20.8. The van der Waals surface area contributed by atoms with E-state index in [1.54, 1.807) is 0 Å². The lowest BCUT2D eigenvalue weighted by Gasteiger charge is -2.26. The van der Waals surface area contributed by atoms with Crippen LogP contribution in [0, 0.1) is 6.92 Å². The number of pyridine rings is 1. The van der Waals surface area contributed by atoms with Crippen molar-refractivity contribution in [3.05, 3.63) is 102 Å². The number of benzene rings is 2. The molecule has 3 aromatic rings. The fourth-order valence-corrected chi connectivity index (χ4v) is 3.04. The molecule has 2 heterocycles. The first-order chi connectivity index (χ1) is 11.7. The Morgan fingerprint density at radius 2 is 1.62 bits per heavy atom. The number of anilines is 2. The summed E-state index contributed by atoms with van der Waals surface area (Å²) in [4.78, 5) is 6.72. The Morgan fingerprint density at radius 1 is 0.875 bits per heavy atom. The first kappa shape index (κ1) is 14.5. The lowest BCUT2D eigenvalue weighted by Crippen LogP contribution is -2.13. The van der Waals surface area contributed by atoms with Gasteiger partial charge in [0.05, 0.1) is 5.69 Å². The Balaban J connectivity index is 1.95. The molecule has 1 aromatic heterocycles. The standard InChI is InChI=1S/C22H18N2/c1-16-11-12-22(23-15-16)24-14-13-18-7-3-4-8-19(18)17(2)20-9-5-6-10-21(20)24/h3-15H,2H2,1H3/b14-13-. The highest BCUT2D eigenvalue weighted by molar-refractivity contribution is 5.92. The van der Waals surface area contributed by atoms with Gasteiger partial charge in [-0.1, -0.05) is 55.1 Å². The van der Waals surface area contributed by atoms with Gasteiger partial charge in [-0.05, 0) is 47.4 Å². The van der Waals surface area contributed by atoms with Crippen LogP contribution in [0.25, 0.3) is 11.6 Å². The van der Waals surface area contributed by atoms with E-state index in [0.29, 0.717) is 0 Å². The van der Waals surface area contributed by atoms with Crippen molar-refractivity contribution in [1.29, 1.82) is 0 Å². The van der Waals surface area contributed by atoms with Gasteiger partial charge in [-0.3, -0.25) is 0 Å². The summed E-state index contributed by atoms with van der Waals surface area (Å²) in [5.74, 6) is 0.900. The molecule has 4 rings (SSSR count). The molecule has 2 heteroatoms. The van der Waals surface area contributed by atoms with E-state index in [1.807, 2.05) is 19.2 Å². The molecule has 0 aliphatic carbocycles. The van der Waals surface area contributed by atoms with Gasteiger partial charge < -0.3 is 4.90 Å². The number of aryl methyl sites for hydroxylation is 1. The molecule has 1 aliphatic heterocycles. The molecule has 0 radical (unpaired) electrons. The van der Waals surface area contributed by atoms with E-state index < -0.39 is 0 Å². The summed E-state index contributed by atoms with van der Waals surface area (Å²) in [5.41, 5.74) is 6.72. The zero-order chi connectivity index (χ0) is 16.5. The lowest BCUT2D eigenvalue weighted by molar-refractivity contribution is 1.16. The largest absolute Gasteiger partial charge is 0.301 e. The Kier molecular flexibility index (Phi) is 3.51. The van der Waals surface area contributed by atoms with Crippen molar-refractivity contribution in [2.45, 2.75) is 6.92 Å². The van der Waals surface area contributed by atoms with Gasteiger partial charge in [-0.2, -0.15) is 0 Å². The van der Waals surface area contributed by atoms with Crippen molar-refractivity contribution in [2.75, 3.05) is 4.90 Å². The molecule has 0 amide bonds. The smallest absolute Gasteiger partial charge is 0.137 e. The van der Waals surface area contributed by atoms with Crippen molar-refractivity contribution >= 4 is 23.2 Å². The van der Waals surface area contributed by atoms with E-state index in [4.69, 9.17) is 0 Å². The summed E-state index contributed by atoms with van der Waals surface area (Å²) in [7, 11) is 0. The third kappa shape index (κ3) is 2.42. The highest BCUT2D eigenvalue weighted by atomic mass is 15.2. The van der Waals surface area contributed by atoms with Crippen LogP contribution in [0.15, 0.2) is 79.6 Å². The molecule has 0 saturated heterocycles. The maximum Gasteiger partial charge on any atom is 0.137 e. The van der Waals surface area contributed by atoms with Crippen LogP contribution in [0.4, 0.5) is 11.5 Å². The van der Waals surface area contributed by atoms with Gasteiger partial charge in [0.1, 0.15) is 5.82 Å². The molecule has 0 atom stereocenters. The van der Waals surface area contributed by atoms with Crippen molar-refractivity contribution in [1.82, 2.24) is 4.98 Å². The second-order valence-corrected chi connectivity index (χ2v) is 5.96. The van der Waals surface area contributed by atoms with Gasteiger partial charge in [0.25, 0.3) is 0 Å². The summed E-state index contributed by atoms with van der Waals surface area (Å²) < 4.78 is 0. The van der Waals surface area contributed by atoms with Crippen LogP contribution in [0.3, 0.4) is 0 Å². The molecule has 2 aromatic carbocycles. The number of nitrogens with zero attached hydrogens (tertiary/aromatic N) is 2. The van der Waals surface area contributed by atoms with E-state index in [9.17, 15) is 0 Å². The van der Waals surface area contributed by atoms with Crippen molar-refractivity contribution in [3.8, 4) is 0 Å². The lowest BCUT2D eigenvalue weighted by atomic mass is 9.92. The van der Waals surface area contributed by atoms with E-state index in [-0.39, 0.29) is 0 Å². The van der Waals surface area contributed by atoms with Crippen LogP contribution < -0.4 is 4.90 Å². The minimum Gasteiger partial charge on any atom is -0.301 e. The molecule has 2 nitrogen and oxygen atoms in total. The first-order valence-corrected chi connectivity index (χ1v) is 8.02. The van der Waals surface area contributed by atoms with Crippen molar-refractivity contribution in [3.63, 3.8) is 0 Å². The monoisotopic (exact) mass is 310 g/mol. The number of rotatable bonds is 1. The molecule has 1 aliphatic rings. The van der Waals surface area contributed by atoms with Crippen molar-refractivity contribution in [2.24, 2.45) is 0 Å². The Morgan fingerprint density at radius 3 is 2.42 bits per heavy atom. The van der Waals surface area contributed by atoms with Gasteiger partial charge in [0.15, 0.2) is 0 Å². The molecule has 0 spiro atoms. The molecule has 0 N–H and O–H groups in total. The number of hydrogen-bond donors (Lipinski definition) is 0. The number of para-hydroxylation sites is 1. The molecule has 0 saturated carbocycles. The van der Waals surface area contributed by atoms with Gasteiger partial charge in [-0.25, -0.2) is 4.98 Å². The van der Waals surface area contributed by atoms with Crippen LogP contribution >= 0.6 is 0 Å². The van der Waals surface area contributed by atoms with Gasteiger partial charge in [-0.15, -0.1) is 0 Å². The molecule has 0 bridgehead atoms. The van der Waals surface area contributed by atoms with E-state index in [0.717, 1.165) is 39.3 Å². The molecular formula is C22H18N2. The number of hydrogen-bond acceptors (Lipinski definition) is 2. The number of fused-ring (bicyclic) bond motifs is 2. The van der Waals surface area contributed by atoms with Gasteiger partial charge in [0, 0.05) is 18.0 Å². The van der Waals surface area contributed by atoms with Gasteiger partial charge >= 0.3 is 0 Å². The maximum absolute atomic E-state index is 4.60. The Bertz CT molecular complexity index is 936. The second kappa shape index (κ2) is 5.82. The fourth-order valence-electron chi connectivity index (χ4n) is 3.04. The second-order valence-electron chi connectivity index (χ2n) is 5.96. The average Bonchev–Trinajstić information content (AvgIpc) is 2.62. The summed E-state index contributed by atoms with van der Waals surface area (Å²) in [6.07, 6.45) is 6.10. The average molecular weight is 310 g/mol. The maximum atomic E-state index is 4.60. The topological polar surface area (TPSA) is 16.1 Å². The third-order valence-corrected chi connectivity index (χ3v) is 4.32. The van der Waals surface area contributed by atoms with E-state index in [2.05, 4.69) is 83.3 Å². The number of aromatic nitrogens is 1. The summed E-state index contributed by atoms with van der Waals surface area (Å²) >= 11 is 0. The Hall–Kier alpha value is -3.13. The van der Waals surface area contributed by atoms with E-state index >= 15 is 0 Å². The fraction of sp³-hybridized carbons (Fsp3) is 0.0455. The molecular weight excluding hydrogens is 292 g/mol. The minimum absolute atomic E-state index is 0.900. The summed E-state index contributed by atoms with van der Waals surface area (Å²) in [5, 5.41) is 0. The van der Waals surface area contributed by atoms with Crippen LogP contribution in [-0.4, -0.2) is 4.98 Å². The van der Waals surface area contributed by atoms with E-state index in [1.165, 1.54) is 0 Å². The molecule has 0 unspecified atom stereocenters. The zero-order valence-corrected chi connectivity index (χ0v) is 13.6. The highest BCUT2D eigenvalue weighted by Gasteiger charge is 2.18. The first-order valence-electron chi connectivity index (χ1n) is 8.02. The van der Waals surface area contributed by atoms with Crippen LogP contribution in [0.5, 0.6) is 0 Å². The van der Waals surface area contributed by atoms with Crippen LogP contribution in [-0.2, 0) is 0 Å². The van der Waals surface area contributed by atoms with Crippen LogP contribution in [0.2, 0.25) is 0 Å².